The van der Waals surface area contributed by atoms with Crippen LogP contribution in [0.2, 0.25) is 4.34 Å². The smallest absolute Gasteiger partial charge is 0.269 e. The molecule has 0 saturated carbocycles. The molecule has 10 heteroatoms. The number of anilines is 1. The summed E-state index contributed by atoms with van der Waals surface area (Å²) in [6, 6.07) is 16.1. The predicted octanol–water partition coefficient (Wildman–Crippen LogP) is 4.64. The number of nitro groups is 1. The summed E-state index contributed by atoms with van der Waals surface area (Å²) in [5.41, 5.74) is 4.92. The van der Waals surface area contributed by atoms with Crippen LogP contribution >= 0.6 is 22.9 Å². The average molecular weight is 457 g/mol. The zero-order chi connectivity index (χ0) is 22.4. The number of nitro benzene ring substituents is 1. The van der Waals surface area contributed by atoms with Gasteiger partial charge in [0, 0.05) is 17.8 Å². The van der Waals surface area contributed by atoms with E-state index in [9.17, 15) is 19.7 Å². The molecule has 3 rings (SSSR count). The van der Waals surface area contributed by atoms with E-state index < -0.39 is 4.92 Å². The van der Waals surface area contributed by atoms with Crippen LogP contribution in [0.3, 0.4) is 0 Å². The standard InChI is InChI=1S/C21H17ClN4O4S/c1-13(24-25-20(27)11-14-5-7-17(8-6-14)26(29)30)15-3-2-4-16(12-15)23-21(28)18-9-10-19(22)31-18/h2-10,12H,11H2,1H3,(H,23,28)(H,25,27). The van der Waals surface area contributed by atoms with Crippen molar-refractivity contribution in [2.45, 2.75) is 13.3 Å². The minimum Gasteiger partial charge on any atom is -0.321 e. The molecule has 0 unspecified atom stereocenters. The number of nitrogens with zero attached hydrogens (tertiary/aromatic N) is 2. The number of carbonyl (C=O) groups excluding carboxylic acids is 2. The van der Waals surface area contributed by atoms with Crippen molar-refractivity contribution in [2.24, 2.45) is 5.10 Å². The Balaban J connectivity index is 1.60. The molecule has 158 valence electrons. The van der Waals surface area contributed by atoms with Gasteiger partial charge in [-0.1, -0.05) is 35.9 Å². The van der Waals surface area contributed by atoms with E-state index in [1.165, 1.54) is 35.6 Å². The maximum atomic E-state index is 12.3. The maximum absolute atomic E-state index is 12.3. The van der Waals surface area contributed by atoms with Crippen molar-refractivity contribution in [3.8, 4) is 0 Å². The van der Waals surface area contributed by atoms with Crippen LogP contribution < -0.4 is 10.7 Å². The fourth-order valence-corrected chi connectivity index (χ4v) is 3.56. The molecule has 0 fully saturated rings. The molecular formula is C21H17ClN4O4S. The summed E-state index contributed by atoms with van der Waals surface area (Å²) in [4.78, 5) is 35.1. The first-order chi connectivity index (χ1) is 14.8. The van der Waals surface area contributed by atoms with Gasteiger partial charge in [0.25, 0.3) is 11.6 Å². The normalized spacial score (nSPS) is 11.1. The highest BCUT2D eigenvalue weighted by Gasteiger charge is 2.10. The van der Waals surface area contributed by atoms with Crippen LogP contribution in [0, 0.1) is 10.1 Å². The second-order valence-electron chi connectivity index (χ2n) is 6.47. The lowest BCUT2D eigenvalue weighted by Crippen LogP contribution is -2.21. The minimum absolute atomic E-state index is 0.0350. The average Bonchev–Trinajstić information content (AvgIpc) is 3.19. The molecule has 0 aliphatic rings. The molecule has 0 radical (unpaired) electrons. The van der Waals surface area contributed by atoms with Gasteiger partial charge >= 0.3 is 0 Å². The van der Waals surface area contributed by atoms with Gasteiger partial charge in [-0.15, -0.1) is 11.3 Å². The number of hydrazone groups is 1. The fraction of sp³-hybridized carbons (Fsp3) is 0.0952. The summed E-state index contributed by atoms with van der Waals surface area (Å²) in [7, 11) is 0. The van der Waals surface area contributed by atoms with Gasteiger partial charge in [0.05, 0.1) is 26.3 Å². The first-order valence-electron chi connectivity index (χ1n) is 9.05. The monoisotopic (exact) mass is 456 g/mol. The molecular weight excluding hydrogens is 440 g/mol. The van der Waals surface area contributed by atoms with Crippen molar-refractivity contribution < 1.29 is 14.5 Å². The lowest BCUT2D eigenvalue weighted by molar-refractivity contribution is -0.384. The number of rotatable bonds is 7. The number of hydrogen-bond donors (Lipinski definition) is 2. The molecule has 2 amide bonds. The van der Waals surface area contributed by atoms with Crippen molar-refractivity contribution in [1.29, 1.82) is 0 Å². The third kappa shape index (κ3) is 6.21. The van der Waals surface area contributed by atoms with Crippen LogP contribution in [0.25, 0.3) is 0 Å². The third-order valence-electron chi connectivity index (χ3n) is 4.20. The number of carbonyl (C=O) groups is 2. The van der Waals surface area contributed by atoms with Gasteiger partial charge in [-0.25, -0.2) is 5.43 Å². The summed E-state index contributed by atoms with van der Waals surface area (Å²) >= 11 is 7.05. The highest BCUT2D eigenvalue weighted by atomic mass is 35.5. The van der Waals surface area contributed by atoms with Crippen molar-refractivity contribution in [2.75, 3.05) is 5.32 Å². The second-order valence-corrected chi connectivity index (χ2v) is 8.19. The molecule has 0 atom stereocenters. The zero-order valence-electron chi connectivity index (χ0n) is 16.3. The molecule has 0 aliphatic carbocycles. The van der Waals surface area contributed by atoms with E-state index in [2.05, 4.69) is 15.8 Å². The van der Waals surface area contributed by atoms with Crippen molar-refractivity contribution >= 4 is 51.8 Å². The molecule has 0 spiro atoms. The van der Waals surface area contributed by atoms with E-state index in [1.807, 2.05) is 0 Å². The lowest BCUT2D eigenvalue weighted by Gasteiger charge is -2.07. The first kappa shape index (κ1) is 22.1. The van der Waals surface area contributed by atoms with Crippen LogP contribution in [0.5, 0.6) is 0 Å². The topological polar surface area (TPSA) is 114 Å². The molecule has 2 aromatic carbocycles. The number of non-ortho nitro benzene ring substituents is 1. The Bertz CT molecular complexity index is 1160. The largest absolute Gasteiger partial charge is 0.321 e. The fourth-order valence-electron chi connectivity index (χ4n) is 2.62. The number of benzene rings is 2. The van der Waals surface area contributed by atoms with Gasteiger partial charge in [0.1, 0.15) is 0 Å². The summed E-state index contributed by atoms with van der Waals surface area (Å²) in [5, 5.41) is 17.6. The molecule has 1 heterocycles. The van der Waals surface area contributed by atoms with E-state index in [4.69, 9.17) is 11.6 Å². The van der Waals surface area contributed by atoms with E-state index in [0.29, 0.717) is 26.2 Å². The molecule has 8 nitrogen and oxygen atoms in total. The van der Waals surface area contributed by atoms with Gasteiger partial charge in [0.15, 0.2) is 0 Å². The van der Waals surface area contributed by atoms with Crippen molar-refractivity contribution in [3.63, 3.8) is 0 Å². The summed E-state index contributed by atoms with van der Waals surface area (Å²) in [6.07, 6.45) is 0.0360. The molecule has 2 N–H and O–H groups in total. The quantitative estimate of drug-likeness (QED) is 0.306. The van der Waals surface area contributed by atoms with E-state index in [1.54, 1.807) is 43.3 Å². The molecule has 3 aromatic rings. The molecule has 1 aromatic heterocycles. The third-order valence-corrected chi connectivity index (χ3v) is 5.43. The van der Waals surface area contributed by atoms with Crippen LogP contribution in [0.1, 0.15) is 27.7 Å². The Hall–Kier alpha value is -3.56. The van der Waals surface area contributed by atoms with Crippen LogP contribution in [0.15, 0.2) is 65.8 Å². The Morgan fingerprint density at radius 3 is 2.52 bits per heavy atom. The Morgan fingerprint density at radius 2 is 1.87 bits per heavy atom. The van der Waals surface area contributed by atoms with E-state index >= 15 is 0 Å². The molecule has 31 heavy (non-hydrogen) atoms. The first-order valence-corrected chi connectivity index (χ1v) is 10.2. The second kappa shape index (κ2) is 9.96. The highest BCUT2D eigenvalue weighted by Crippen LogP contribution is 2.22. The van der Waals surface area contributed by atoms with Gasteiger partial charge in [0.2, 0.25) is 5.91 Å². The molecule has 0 bridgehead atoms. The summed E-state index contributed by atoms with van der Waals surface area (Å²) in [6.45, 7) is 1.73. The predicted molar refractivity (Wildman–Crippen MR) is 121 cm³/mol. The number of halogens is 1. The van der Waals surface area contributed by atoms with E-state index in [0.717, 1.165) is 5.56 Å². The minimum atomic E-state index is -0.496. The lowest BCUT2D eigenvalue weighted by atomic mass is 10.1. The number of hydrogen-bond acceptors (Lipinski definition) is 6. The Kier molecular flexibility index (Phi) is 7.11. The van der Waals surface area contributed by atoms with Crippen LogP contribution in [0.4, 0.5) is 11.4 Å². The van der Waals surface area contributed by atoms with E-state index in [-0.39, 0.29) is 23.9 Å². The number of nitrogens with one attached hydrogen (secondary N) is 2. The summed E-state index contributed by atoms with van der Waals surface area (Å²) < 4.78 is 0.534. The van der Waals surface area contributed by atoms with Gasteiger partial charge in [-0.2, -0.15) is 5.10 Å². The van der Waals surface area contributed by atoms with Crippen LogP contribution in [-0.4, -0.2) is 22.4 Å². The van der Waals surface area contributed by atoms with Crippen molar-refractivity contribution in [3.05, 3.63) is 91.1 Å². The molecule has 0 saturated heterocycles. The van der Waals surface area contributed by atoms with Gasteiger partial charge < -0.3 is 5.32 Å². The number of amides is 2. The maximum Gasteiger partial charge on any atom is 0.269 e. The van der Waals surface area contributed by atoms with Gasteiger partial charge in [-0.05, 0) is 42.3 Å². The Morgan fingerprint density at radius 1 is 1.13 bits per heavy atom. The van der Waals surface area contributed by atoms with Crippen LogP contribution in [-0.2, 0) is 11.2 Å². The Labute approximate surface area is 186 Å². The zero-order valence-corrected chi connectivity index (χ0v) is 17.9. The van der Waals surface area contributed by atoms with Gasteiger partial charge in [-0.3, -0.25) is 19.7 Å². The SMILES string of the molecule is CC(=NNC(=O)Cc1ccc([N+](=O)[O-])cc1)c1cccc(NC(=O)c2ccc(Cl)s2)c1. The summed E-state index contributed by atoms with van der Waals surface area (Å²) in [5.74, 6) is -0.618. The molecule has 0 aliphatic heterocycles. The number of thiophene rings is 1. The highest BCUT2D eigenvalue weighted by molar-refractivity contribution is 7.18. The van der Waals surface area contributed by atoms with Crippen molar-refractivity contribution in [1.82, 2.24) is 5.43 Å².